The van der Waals surface area contributed by atoms with E-state index in [0.717, 1.165) is 6.42 Å². The summed E-state index contributed by atoms with van der Waals surface area (Å²) in [6, 6.07) is 1.26. The van der Waals surface area contributed by atoms with E-state index in [-0.39, 0.29) is 29.0 Å². The fraction of sp³-hybridized carbons (Fsp3) is 0.688. The Morgan fingerprint density at radius 2 is 1.88 bits per heavy atom. The van der Waals surface area contributed by atoms with Gasteiger partial charge in [-0.3, -0.25) is 4.90 Å². The number of nitrogens with zero attached hydrogens (tertiary/aromatic N) is 2. The lowest BCUT2D eigenvalue weighted by molar-refractivity contribution is -0.194. The summed E-state index contributed by atoms with van der Waals surface area (Å²) in [7, 11) is -3.04. The zero-order valence-corrected chi connectivity index (χ0v) is 16.0. The maximum Gasteiger partial charge on any atom is 0.408 e. The van der Waals surface area contributed by atoms with Crippen molar-refractivity contribution in [1.29, 1.82) is 0 Å². The van der Waals surface area contributed by atoms with Gasteiger partial charge in [-0.05, 0) is 65.2 Å². The van der Waals surface area contributed by atoms with Gasteiger partial charge in [-0.1, -0.05) is 6.07 Å². The number of aromatic nitrogens is 1. The third kappa shape index (κ3) is 4.36. The van der Waals surface area contributed by atoms with Crippen LogP contribution in [0.4, 0.5) is 13.2 Å². The fourth-order valence-corrected chi connectivity index (χ4v) is 5.93. The van der Waals surface area contributed by atoms with E-state index in [1.165, 1.54) is 23.2 Å². The highest BCUT2D eigenvalue weighted by molar-refractivity contribution is 9.10. The van der Waals surface area contributed by atoms with Gasteiger partial charge in [-0.2, -0.15) is 13.2 Å². The van der Waals surface area contributed by atoms with Gasteiger partial charge in [0, 0.05) is 12.7 Å². The van der Waals surface area contributed by atoms with Gasteiger partial charge >= 0.3 is 6.18 Å². The van der Waals surface area contributed by atoms with E-state index in [9.17, 15) is 21.6 Å². The van der Waals surface area contributed by atoms with Gasteiger partial charge in [0.25, 0.3) is 0 Å². The second kappa shape index (κ2) is 6.81. The van der Waals surface area contributed by atoms with Gasteiger partial charge in [0.15, 0.2) is 0 Å². The number of rotatable bonds is 2. The lowest BCUT2D eigenvalue weighted by Crippen LogP contribution is -2.51. The molecule has 4 nitrogen and oxygen atoms in total. The Morgan fingerprint density at radius 3 is 2.44 bits per heavy atom. The minimum atomic E-state index is -4.41. The summed E-state index contributed by atoms with van der Waals surface area (Å²) in [5, 5.41) is 0. The highest BCUT2D eigenvalue weighted by atomic mass is 79.9. The normalized spacial score (nSPS) is 25.0. The van der Waals surface area contributed by atoms with Crippen LogP contribution in [0, 0.1) is 5.41 Å². The molecular weight excluding hydrogens is 421 g/mol. The molecule has 1 aromatic rings. The highest BCUT2D eigenvalue weighted by Crippen LogP contribution is 2.46. The average molecular weight is 441 g/mol. The van der Waals surface area contributed by atoms with Gasteiger partial charge in [0.2, 0.25) is 0 Å². The minimum absolute atomic E-state index is 0.0807. The van der Waals surface area contributed by atoms with Crippen LogP contribution in [0.15, 0.2) is 22.9 Å². The molecule has 1 aromatic heterocycles. The number of sulfone groups is 1. The van der Waals surface area contributed by atoms with Gasteiger partial charge < -0.3 is 0 Å². The van der Waals surface area contributed by atoms with Crippen molar-refractivity contribution in [2.45, 2.75) is 37.9 Å². The number of pyridine rings is 1. The van der Waals surface area contributed by atoms with Crippen LogP contribution in [0.25, 0.3) is 0 Å². The Balaban J connectivity index is 1.85. The Hall–Kier alpha value is -0.670. The zero-order chi connectivity index (χ0) is 18.3. The largest absolute Gasteiger partial charge is 0.408 e. The Labute approximate surface area is 153 Å². The number of hydrogen-bond acceptors (Lipinski definition) is 4. The average Bonchev–Trinajstić information content (AvgIpc) is 2.52. The number of alkyl halides is 3. The molecule has 2 aliphatic heterocycles. The van der Waals surface area contributed by atoms with E-state index in [4.69, 9.17) is 0 Å². The summed E-state index contributed by atoms with van der Waals surface area (Å²) in [4.78, 5) is 5.41. The SMILES string of the molecule is O=S1(=O)CCC2(CCCN(C(c3ccc(Br)nc3)C(F)(F)F)C2)CC1. The van der Waals surface area contributed by atoms with Crippen LogP contribution in [0.5, 0.6) is 0 Å². The number of halogens is 4. The molecule has 140 valence electrons. The molecule has 3 rings (SSSR count). The molecule has 0 aliphatic carbocycles. The maximum atomic E-state index is 13.8. The summed E-state index contributed by atoms with van der Waals surface area (Å²) >= 11 is 3.15. The van der Waals surface area contributed by atoms with E-state index >= 15 is 0 Å². The molecule has 0 amide bonds. The topological polar surface area (TPSA) is 50.3 Å². The second-order valence-corrected chi connectivity index (χ2v) is 10.2. The highest BCUT2D eigenvalue weighted by Gasteiger charge is 2.49. The monoisotopic (exact) mass is 440 g/mol. The van der Waals surface area contributed by atoms with Gasteiger partial charge in [-0.25, -0.2) is 13.4 Å². The molecule has 2 fully saturated rings. The predicted octanol–water partition coefficient (Wildman–Crippen LogP) is 3.74. The second-order valence-electron chi connectivity index (χ2n) is 7.08. The van der Waals surface area contributed by atoms with Crippen molar-refractivity contribution < 1.29 is 21.6 Å². The zero-order valence-electron chi connectivity index (χ0n) is 13.6. The minimum Gasteiger partial charge on any atom is -0.288 e. The molecule has 0 N–H and O–H groups in total. The van der Waals surface area contributed by atoms with Crippen molar-refractivity contribution in [1.82, 2.24) is 9.88 Å². The lowest BCUT2D eigenvalue weighted by Gasteiger charge is -2.47. The van der Waals surface area contributed by atoms with E-state index in [2.05, 4.69) is 20.9 Å². The summed E-state index contributed by atoms with van der Waals surface area (Å²) < 4.78 is 65.3. The number of hydrogen-bond donors (Lipinski definition) is 0. The van der Waals surface area contributed by atoms with Gasteiger partial charge in [0.1, 0.15) is 20.5 Å². The van der Waals surface area contributed by atoms with Crippen LogP contribution >= 0.6 is 15.9 Å². The molecule has 0 saturated carbocycles. The van der Waals surface area contributed by atoms with Crippen LogP contribution in [0.3, 0.4) is 0 Å². The van der Waals surface area contributed by atoms with Gasteiger partial charge in [-0.15, -0.1) is 0 Å². The van der Waals surface area contributed by atoms with E-state index in [1.807, 2.05) is 0 Å². The third-order valence-electron chi connectivity index (χ3n) is 5.32. The molecule has 25 heavy (non-hydrogen) atoms. The van der Waals surface area contributed by atoms with Gasteiger partial charge in [0.05, 0.1) is 11.5 Å². The molecule has 1 unspecified atom stereocenters. The molecule has 9 heteroatoms. The standard InChI is InChI=1S/C16H20BrF3N2O2S/c17-13-3-2-12(10-21-13)14(16(18,19)20)22-7-1-4-15(11-22)5-8-25(23,24)9-6-15/h2-3,10,14H,1,4-9,11H2. The first-order chi connectivity index (χ1) is 11.6. The van der Waals surface area contributed by atoms with Crippen molar-refractivity contribution in [3.05, 3.63) is 28.5 Å². The van der Waals surface area contributed by atoms with Crippen molar-refractivity contribution in [3.63, 3.8) is 0 Å². The van der Waals surface area contributed by atoms with Crippen molar-refractivity contribution in [2.75, 3.05) is 24.6 Å². The quantitative estimate of drug-likeness (QED) is 0.657. The summed E-state index contributed by atoms with van der Waals surface area (Å²) in [5.41, 5.74) is -0.202. The maximum absolute atomic E-state index is 13.8. The van der Waals surface area contributed by atoms with Crippen LogP contribution in [-0.2, 0) is 9.84 Å². The molecule has 0 bridgehead atoms. The van der Waals surface area contributed by atoms with E-state index in [1.54, 1.807) is 0 Å². The van der Waals surface area contributed by atoms with Crippen molar-refractivity contribution in [2.24, 2.45) is 5.41 Å². The molecule has 3 heterocycles. The van der Waals surface area contributed by atoms with Crippen LogP contribution < -0.4 is 0 Å². The molecule has 2 saturated heterocycles. The molecular formula is C16H20BrF3N2O2S. The Kier molecular flexibility index (Phi) is 5.20. The third-order valence-corrected chi connectivity index (χ3v) is 7.44. The molecule has 2 aliphatic rings. The van der Waals surface area contributed by atoms with Crippen molar-refractivity contribution >= 4 is 25.8 Å². The fourth-order valence-electron chi connectivity index (χ4n) is 4.00. The molecule has 0 radical (unpaired) electrons. The first-order valence-corrected chi connectivity index (χ1v) is 10.8. The molecule has 0 aromatic carbocycles. The van der Waals surface area contributed by atoms with E-state index < -0.39 is 22.1 Å². The Morgan fingerprint density at radius 1 is 1.20 bits per heavy atom. The summed E-state index contributed by atoms with van der Waals surface area (Å²) in [6.07, 6.45) is -0.799. The van der Waals surface area contributed by atoms with Crippen LogP contribution in [0.1, 0.15) is 37.3 Å². The first kappa shape index (κ1) is 19.1. The van der Waals surface area contributed by atoms with Crippen LogP contribution in [0.2, 0.25) is 0 Å². The number of likely N-dealkylation sites (tertiary alicyclic amines) is 1. The molecule has 1 spiro atoms. The van der Waals surface area contributed by atoms with E-state index in [0.29, 0.717) is 30.4 Å². The molecule has 1 atom stereocenters. The smallest absolute Gasteiger partial charge is 0.288 e. The predicted molar refractivity (Wildman–Crippen MR) is 91.9 cm³/mol. The van der Waals surface area contributed by atoms with Crippen molar-refractivity contribution in [3.8, 4) is 0 Å². The summed E-state index contributed by atoms with van der Waals surface area (Å²) in [6.45, 7) is 0.636. The first-order valence-electron chi connectivity index (χ1n) is 8.23. The number of piperidine rings is 1. The van der Waals surface area contributed by atoms with Crippen LogP contribution in [-0.4, -0.2) is 49.1 Å². The summed E-state index contributed by atoms with van der Waals surface area (Å²) in [5.74, 6) is 0.161. The Bertz CT molecular complexity index is 708. The lowest BCUT2D eigenvalue weighted by atomic mass is 9.74.